The normalized spacial score (nSPS) is 11.7. The molecule has 0 aliphatic rings. The fourth-order valence-electron chi connectivity index (χ4n) is 2.17. The molecule has 6 heteroatoms. The number of aryl methyl sites for hydroxylation is 2. The molecule has 0 saturated carbocycles. The van der Waals surface area contributed by atoms with E-state index in [1.54, 1.807) is 0 Å². The van der Waals surface area contributed by atoms with Crippen LogP contribution in [0.5, 0.6) is 0 Å². The molecule has 20 heavy (non-hydrogen) atoms. The van der Waals surface area contributed by atoms with Gasteiger partial charge in [-0.2, -0.15) is 4.98 Å². The SMILES string of the molecule is CCN(CC)C(=O)C[NH+](CC)c1cc(C)nc(C)n1.[Cl-]. The molecule has 1 rings (SSSR count). The van der Waals surface area contributed by atoms with Crippen molar-refractivity contribution in [3.8, 4) is 0 Å². The predicted molar refractivity (Wildman–Crippen MR) is 75.5 cm³/mol. The lowest BCUT2D eigenvalue weighted by Gasteiger charge is -2.22. The van der Waals surface area contributed by atoms with Crippen molar-refractivity contribution in [2.24, 2.45) is 0 Å². The van der Waals surface area contributed by atoms with Gasteiger partial charge in [0.25, 0.3) is 5.91 Å². The summed E-state index contributed by atoms with van der Waals surface area (Å²) in [5, 5.41) is 0. The van der Waals surface area contributed by atoms with Crippen molar-refractivity contribution in [3.05, 3.63) is 17.6 Å². The molecule has 0 aromatic carbocycles. The van der Waals surface area contributed by atoms with Crippen LogP contribution in [0.2, 0.25) is 0 Å². The number of hydrogen-bond acceptors (Lipinski definition) is 3. The lowest BCUT2D eigenvalue weighted by molar-refractivity contribution is -0.824. The Morgan fingerprint density at radius 3 is 2.25 bits per heavy atom. The largest absolute Gasteiger partial charge is 1.00 e. The number of aromatic nitrogens is 2. The van der Waals surface area contributed by atoms with Crippen LogP contribution >= 0.6 is 0 Å². The monoisotopic (exact) mass is 300 g/mol. The van der Waals surface area contributed by atoms with Gasteiger partial charge in [0, 0.05) is 24.8 Å². The minimum absolute atomic E-state index is 0. The molecule has 0 aliphatic carbocycles. The summed E-state index contributed by atoms with van der Waals surface area (Å²) in [5.74, 6) is 1.85. The number of carbonyl (C=O) groups excluding carboxylic acids is 1. The van der Waals surface area contributed by atoms with Gasteiger partial charge in [0.15, 0.2) is 6.54 Å². The Morgan fingerprint density at radius 1 is 1.20 bits per heavy atom. The third-order valence-corrected chi connectivity index (χ3v) is 3.24. The first-order valence-corrected chi connectivity index (χ1v) is 6.96. The van der Waals surface area contributed by atoms with Crippen LogP contribution < -0.4 is 17.3 Å². The second-order valence-corrected chi connectivity index (χ2v) is 4.64. The Balaban J connectivity index is 0.00000361. The zero-order valence-electron chi connectivity index (χ0n) is 13.0. The number of nitrogens with one attached hydrogen (secondary N) is 1. The molecule has 0 saturated heterocycles. The maximum Gasteiger partial charge on any atom is 0.278 e. The molecule has 114 valence electrons. The first kappa shape index (κ1) is 18.8. The van der Waals surface area contributed by atoms with Crippen molar-refractivity contribution < 1.29 is 22.1 Å². The smallest absolute Gasteiger partial charge is 0.278 e. The molecule has 1 N–H and O–H groups in total. The van der Waals surface area contributed by atoms with E-state index in [1.807, 2.05) is 38.7 Å². The third kappa shape index (κ3) is 5.06. The zero-order valence-corrected chi connectivity index (χ0v) is 13.8. The lowest BCUT2D eigenvalue weighted by atomic mass is 10.3. The van der Waals surface area contributed by atoms with Gasteiger partial charge in [-0.05, 0) is 34.6 Å². The average molecular weight is 301 g/mol. The standard InChI is InChI=1S/C14H24N4O.ClH/c1-6-17(7-2)14(19)10-18(8-3)13-9-11(4)15-12(5)16-13;/h9H,6-8,10H2,1-5H3;1H. The number of nitrogens with zero attached hydrogens (tertiary/aromatic N) is 3. The molecule has 0 fully saturated rings. The number of carbonyl (C=O) groups is 1. The summed E-state index contributed by atoms with van der Waals surface area (Å²) in [7, 11) is 0. The summed E-state index contributed by atoms with van der Waals surface area (Å²) >= 11 is 0. The predicted octanol–water partition coefficient (Wildman–Crippen LogP) is -2.50. The van der Waals surface area contributed by atoms with E-state index in [9.17, 15) is 4.79 Å². The van der Waals surface area contributed by atoms with Gasteiger partial charge in [-0.3, -0.25) is 9.69 Å². The second-order valence-electron chi connectivity index (χ2n) is 4.64. The Morgan fingerprint density at radius 2 is 1.80 bits per heavy atom. The van der Waals surface area contributed by atoms with Gasteiger partial charge in [-0.25, -0.2) is 4.98 Å². The summed E-state index contributed by atoms with van der Waals surface area (Å²) in [6.07, 6.45) is 0. The zero-order chi connectivity index (χ0) is 14.4. The highest BCUT2D eigenvalue weighted by molar-refractivity contribution is 5.77. The van der Waals surface area contributed by atoms with E-state index < -0.39 is 0 Å². The molecule has 1 aromatic rings. The average Bonchev–Trinajstić information content (AvgIpc) is 2.36. The van der Waals surface area contributed by atoms with Gasteiger partial charge >= 0.3 is 0 Å². The maximum atomic E-state index is 12.2. The molecule has 0 aliphatic heterocycles. The summed E-state index contributed by atoms with van der Waals surface area (Å²) in [6.45, 7) is 12.7. The van der Waals surface area contributed by atoms with Crippen LogP contribution in [0, 0.1) is 13.8 Å². The summed E-state index contributed by atoms with van der Waals surface area (Å²) in [6, 6.07) is 1.96. The van der Waals surface area contributed by atoms with Crippen LogP contribution in [0.1, 0.15) is 32.3 Å². The molecule has 1 heterocycles. The molecule has 1 atom stereocenters. The van der Waals surface area contributed by atoms with E-state index >= 15 is 0 Å². The first-order valence-electron chi connectivity index (χ1n) is 6.96. The van der Waals surface area contributed by atoms with Crippen LogP contribution in [0.3, 0.4) is 0 Å². The number of halogens is 1. The van der Waals surface area contributed by atoms with E-state index in [1.165, 1.54) is 0 Å². The summed E-state index contributed by atoms with van der Waals surface area (Å²) < 4.78 is 0. The number of rotatable bonds is 6. The number of hydrogen-bond donors (Lipinski definition) is 1. The van der Waals surface area contributed by atoms with E-state index in [2.05, 4.69) is 16.9 Å². The van der Waals surface area contributed by atoms with Gasteiger partial charge in [-0.1, -0.05) is 0 Å². The van der Waals surface area contributed by atoms with Crippen LogP contribution in [0.15, 0.2) is 6.07 Å². The molecule has 1 amide bonds. The van der Waals surface area contributed by atoms with Crippen molar-refractivity contribution >= 4 is 11.7 Å². The van der Waals surface area contributed by atoms with Gasteiger partial charge in [0.2, 0.25) is 5.82 Å². The van der Waals surface area contributed by atoms with Crippen LogP contribution in [0.4, 0.5) is 5.82 Å². The van der Waals surface area contributed by atoms with E-state index in [0.29, 0.717) is 6.54 Å². The minimum atomic E-state index is 0. The highest BCUT2D eigenvalue weighted by Gasteiger charge is 2.20. The molecular formula is C14H25ClN4O. The van der Waals surface area contributed by atoms with E-state index in [0.717, 1.165) is 41.9 Å². The lowest BCUT2D eigenvalue weighted by Crippen LogP contribution is -3.08. The Labute approximate surface area is 127 Å². The molecule has 0 spiro atoms. The molecule has 5 nitrogen and oxygen atoms in total. The van der Waals surface area contributed by atoms with Crippen molar-refractivity contribution in [1.82, 2.24) is 14.9 Å². The van der Waals surface area contributed by atoms with Gasteiger partial charge in [0.05, 0.1) is 6.54 Å². The second kappa shape index (κ2) is 8.87. The van der Waals surface area contributed by atoms with Gasteiger partial charge < -0.3 is 17.3 Å². The van der Waals surface area contributed by atoms with Crippen molar-refractivity contribution in [2.45, 2.75) is 34.6 Å². The summed E-state index contributed by atoms with van der Waals surface area (Å²) in [5.41, 5.74) is 0.948. The van der Waals surface area contributed by atoms with Crippen LogP contribution in [-0.4, -0.2) is 47.0 Å². The topological polar surface area (TPSA) is 50.5 Å². The summed E-state index contributed by atoms with van der Waals surface area (Å²) in [4.78, 5) is 23.9. The Kier molecular flexibility index (Phi) is 8.34. The van der Waals surface area contributed by atoms with Crippen LogP contribution in [-0.2, 0) is 4.79 Å². The van der Waals surface area contributed by atoms with Crippen LogP contribution in [0.25, 0.3) is 0 Å². The number of amides is 1. The molecule has 0 bridgehead atoms. The highest BCUT2D eigenvalue weighted by Crippen LogP contribution is 2.00. The minimum Gasteiger partial charge on any atom is -1.00 e. The fourth-order valence-corrected chi connectivity index (χ4v) is 2.17. The molecule has 1 aromatic heterocycles. The van der Waals surface area contributed by atoms with Crippen molar-refractivity contribution in [3.63, 3.8) is 0 Å². The van der Waals surface area contributed by atoms with Gasteiger partial charge in [0.1, 0.15) is 5.82 Å². The van der Waals surface area contributed by atoms with Crippen molar-refractivity contribution in [2.75, 3.05) is 26.2 Å². The highest BCUT2D eigenvalue weighted by atomic mass is 35.5. The number of likely N-dealkylation sites (N-methyl/N-ethyl adjacent to an activating group) is 2. The maximum absolute atomic E-state index is 12.2. The Hall–Kier alpha value is -1.20. The first-order chi connectivity index (χ1) is 9.01. The van der Waals surface area contributed by atoms with Crippen molar-refractivity contribution in [1.29, 1.82) is 0 Å². The molecule has 0 radical (unpaired) electrons. The quantitative estimate of drug-likeness (QED) is 0.632. The number of quaternary nitrogens is 1. The fraction of sp³-hybridized carbons (Fsp3) is 0.643. The molecule has 1 unspecified atom stereocenters. The van der Waals surface area contributed by atoms with Gasteiger partial charge in [-0.15, -0.1) is 0 Å². The molecular weight excluding hydrogens is 276 g/mol. The van der Waals surface area contributed by atoms with E-state index in [-0.39, 0.29) is 18.3 Å². The third-order valence-electron chi connectivity index (χ3n) is 3.24. The Bertz CT molecular complexity index is 415. The van der Waals surface area contributed by atoms with E-state index in [4.69, 9.17) is 0 Å².